The first-order chi connectivity index (χ1) is 8.70. The molecule has 0 aliphatic carbocycles. The fraction of sp³-hybridized carbons (Fsp3) is 0.500. The Morgan fingerprint density at radius 2 is 2.17 bits per heavy atom. The van der Waals surface area contributed by atoms with Gasteiger partial charge in [-0.1, -0.05) is 0 Å². The molecule has 0 unspecified atom stereocenters. The third-order valence-electron chi connectivity index (χ3n) is 2.83. The lowest BCUT2D eigenvalue weighted by molar-refractivity contribution is 0.0105. The number of aromatic hydroxyl groups is 1. The standard InChI is InChI=1S/C12H17BrN2O3/c1-17-11-7-9(6-10(13)12(11)16)8-14-15-2-4-18-5-3-15/h6-7,14,16H,2-5,8H2,1H3. The third-order valence-corrected chi connectivity index (χ3v) is 3.43. The normalized spacial score (nSPS) is 16.8. The van der Waals surface area contributed by atoms with E-state index in [0.29, 0.717) is 16.8 Å². The summed E-state index contributed by atoms with van der Waals surface area (Å²) in [6.07, 6.45) is 0. The molecular formula is C12H17BrN2O3. The van der Waals surface area contributed by atoms with E-state index in [0.717, 1.165) is 31.9 Å². The fourth-order valence-electron chi connectivity index (χ4n) is 1.81. The van der Waals surface area contributed by atoms with E-state index in [-0.39, 0.29) is 5.75 Å². The average molecular weight is 317 g/mol. The van der Waals surface area contributed by atoms with Crippen LogP contribution in [0.2, 0.25) is 0 Å². The molecule has 0 radical (unpaired) electrons. The molecule has 1 aliphatic heterocycles. The van der Waals surface area contributed by atoms with Gasteiger partial charge in [0.25, 0.3) is 0 Å². The number of rotatable bonds is 4. The Morgan fingerprint density at radius 1 is 1.44 bits per heavy atom. The Balaban J connectivity index is 1.98. The predicted octanol–water partition coefficient (Wildman–Crippen LogP) is 1.50. The molecule has 1 fully saturated rings. The first-order valence-corrected chi connectivity index (χ1v) is 6.61. The van der Waals surface area contributed by atoms with Crippen molar-refractivity contribution in [2.45, 2.75) is 6.54 Å². The summed E-state index contributed by atoms with van der Waals surface area (Å²) in [5, 5.41) is 11.9. The number of nitrogens with one attached hydrogen (secondary N) is 1. The summed E-state index contributed by atoms with van der Waals surface area (Å²) >= 11 is 3.31. The lowest BCUT2D eigenvalue weighted by Gasteiger charge is -2.27. The molecule has 100 valence electrons. The monoisotopic (exact) mass is 316 g/mol. The SMILES string of the molecule is COc1cc(CNN2CCOCC2)cc(Br)c1O. The second kappa shape index (κ2) is 6.38. The summed E-state index contributed by atoms with van der Waals surface area (Å²) < 4.78 is 11.0. The van der Waals surface area contributed by atoms with Gasteiger partial charge in [0.2, 0.25) is 0 Å². The van der Waals surface area contributed by atoms with Crippen molar-refractivity contribution in [3.8, 4) is 11.5 Å². The van der Waals surface area contributed by atoms with Crippen LogP contribution in [0.3, 0.4) is 0 Å². The molecule has 0 spiro atoms. The number of methoxy groups -OCH3 is 1. The number of hydrazine groups is 1. The molecule has 0 amide bonds. The van der Waals surface area contributed by atoms with Crippen molar-refractivity contribution < 1.29 is 14.6 Å². The van der Waals surface area contributed by atoms with Gasteiger partial charge < -0.3 is 14.6 Å². The van der Waals surface area contributed by atoms with Gasteiger partial charge in [0.05, 0.1) is 24.8 Å². The second-order valence-corrected chi connectivity index (χ2v) is 4.92. The number of benzene rings is 1. The van der Waals surface area contributed by atoms with Crippen LogP contribution in [0.15, 0.2) is 16.6 Å². The summed E-state index contributed by atoms with van der Waals surface area (Å²) in [6, 6.07) is 3.71. The molecule has 2 N–H and O–H groups in total. The molecule has 1 heterocycles. The molecule has 2 rings (SSSR count). The Kier molecular flexibility index (Phi) is 4.82. The van der Waals surface area contributed by atoms with Crippen LogP contribution in [-0.4, -0.2) is 43.5 Å². The summed E-state index contributed by atoms with van der Waals surface area (Å²) in [5.41, 5.74) is 4.38. The molecule has 0 bridgehead atoms. The first kappa shape index (κ1) is 13.6. The first-order valence-electron chi connectivity index (χ1n) is 5.82. The van der Waals surface area contributed by atoms with Gasteiger partial charge in [-0.25, -0.2) is 5.01 Å². The smallest absolute Gasteiger partial charge is 0.172 e. The van der Waals surface area contributed by atoms with Crippen LogP contribution in [0.4, 0.5) is 0 Å². The lowest BCUT2D eigenvalue weighted by Crippen LogP contribution is -2.45. The minimum Gasteiger partial charge on any atom is -0.503 e. The molecule has 0 aromatic heterocycles. The van der Waals surface area contributed by atoms with E-state index >= 15 is 0 Å². The molecule has 1 aliphatic rings. The number of hydrogen-bond acceptors (Lipinski definition) is 5. The van der Waals surface area contributed by atoms with Gasteiger partial charge in [0.15, 0.2) is 11.5 Å². The van der Waals surface area contributed by atoms with Crippen LogP contribution in [-0.2, 0) is 11.3 Å². The summed E-state index contributed by atoms with van der Waals surface area (Å²) in [6.45, 7) is 3.98. The molecule has 18 heavy (non-hydrogen) atoms. The van der Waals surface area contributed by atoms with Gasteiger partial charge in [0, 0.05) is 19.6 Å². The van der Waals surface area contributed by atoms with Gasteiger partial charge in [-0.3, -0.25) is 5.43 Å². The van der Waals surface area contributed by atoms with Crippen molar-refractivity contribution >= 4 is 15.9 Å². The highest BCUT2D eigenvalue weighted by Gasteiger charge is 2.11. The number of hydrogen-bond donors (Lipinski definition) is 2. The van der Waals surface area contributed by atoms with Gasteiger partial charge in [-0.2, -0.15) is 0 Å². The Labute approximate surface area is 115 Å². The maximum atomic E-state index is 9.72. The van der Waals surface area contributed by atoms with E-state index in [1.165, 1.54) is 0 Å². The molecular weight excluding hydrogens is 300 g/mol. The van der Waals surface area contributed by atoms with Crippen molar-refractivity contribution in [2.24, 2.45) is 0 Å². The Hall–Kier alpha value is -0.820. The fourth-order valence-corrected chi connectivity index (χ4v) is 2.30. The van der Waals surface area contributed by atoms with E-state index in [2.05, 4.69) is 26.4 Å². The molecule has 0 saturated carbocycles. The van der Waals surface area contributed by atoms with Crippen LogP contribution in [0, 0.1) is 0 Å². The molecule has 0 atom stereocenters. The molecule has 1 aromatic carbocycles. The van der Waals surface area contributed by atoms with Gasteiger partial charge >= 0.3 is 0 Å². The van der Waals surface area contributed by atoms with E-state index in [1.54, 1.807) is 7.11 Å². The highest BCUT2D eigenvalue weighted by atomic mass is 79.9. The quantitative estimate of drug-likeness (QED) is 0.881. The number of phenolic OH excluding ortho intramolecular Hbond substituents is 1. The van der Waals surface area contributed by atoms with Crippen molar-refractivity contribution in [1.82, 2.24) is 10.4 Å². The zero-order valence-electron chi connectivity index (χ0n) is 10.3. The number of nitrogens with zero attached hydrogens (tertiary/aromatic N) is 1. The minimum absolute atomic E-state index is 0.132. The van der Waals surface area contributed by atoms with Gasteiger partial charge in [0.1, 0.15) is 0 Å². The van der Waals surface area contributed by atoms with E-state index in [9.17, 15) is 5.11 Å². The van der Waals surface area contributed by atoms with E-state index in [4.69, 9.17) is 9.47 Å². The molecule has 6 heteroatoms. The number of ether oxygens (including phenoxy) is 2. The van der Waals surface area contributed by atoms with Crippen molar-refractivity contribution in [2.75, 3.05) is 33.4 Å². The maximum absolute atomic E-state index is 9.72. The van der Waals surface area contributed by atoms with E-state index < -0.39 is 0 Å². The van der Waals surface area contributed by atoms with Crippen molar-refractivity contribution in [1.29, 1.82) is 0 Å². The van der Waals surface area contributed by atoms with Crippen LogP contribution in [0.25, 0.3) is 0 Å². The zero-order valence-corrected chi connectivity index (χ0v) is 11.9. The van der Waals surface area contributed by atoms with Crippen LogP contribution in [0.5, 0.6) is 11.5 Å². The highest BCUT2D eigenvalue weighted by molar-refractivity contribution is 9.10. The lowest BCUT2D eigenvalue weighted by atomic mass is 10.2. The van der Waals surface area contributed by atoms with E-state index in [1.807, 2.05) is 12.1 Å². The van der Waals surface area contributed by atoms with Crippen LogP contribution < -0.4 is 10.2 Å². The topological polar surface area (TPSA) is 54.0 Å². The van der Waals surface area contributed by atoms with Crippen LogP contribution >= 0.6 is 15.9 Å². The minimum atomic E-state index is 0.132. The van der Waals surface area contributed by atoms with Gasteiger partial charge in [-0.05, 0) is 33.6 Å². The largest absolute Gasteiger partial charge is 0.503 e. The average Bonchev–Trinajstić information content (AvgIpc) is 2.41. The molecule has 1 aromatic rings. The summed E-state index contributed by atoms with van der Waals surface area (Å²) in [5.74, 6) is 0.607. The number of morpholine rings is 1. The predicted molar refractivity (Wildman–Crippen MR) is 71.6 cm³/mol. The Bertz CT molecular complexity index is 409. The number of halogens is 1. The van der Waals surface area contributed by atoms with Gasteiger partial charge in [-0.15, -0.1) is 0 Å². The second-order valence-electron chi connectivity index (χ2n) is 4.06. The third kappa shape index (κ3) is 3.35. The van der Waals surface area contributed by atoms with Crippen molar-refractivity contribution in [3.63, 3.8) is 0 Å². The van der Waals surface area contributed by atoms with Crippen LogP contribution in [0.1, 0.15) is 5.56 Å². The zero-order chi connectivity index (χ0) is 13.0. The van der Waals surface area contributed by atoms with Crippen molar-refractivity contribution in [3.05, 3.63) is 22.2 Å². The highest BCUT2D eigenvalue weighted by Crippen LogP contribution is 2.35. The summed E-state index contributed by atoms with van der Waals surface area (Å²) in [4.78, 5) is 0. The maximum Gasteiger partial charge on any atom is 0.172 e. The molecule has 5 nitrogen and oxygen atoms in total. The molecule has 1 saturated heterocycles. The summed E-state index contributed by atoms with van der Waals surface area (Å²) in [7, 11) is 1.54. The number of phenols is 1. The Morgan fingerprint density at radius 3 is 2.83 bits per heavy atom.